The Morgan fingerprint density at radius 1 is 0.773 bits per heavy atom. The average molecular weight is 284 g/mol. The van der Waals surface area contributed by atoms with Crippen LogP contribution in [0.15, 0.2) is 60.7 Å². The normalized spacial score (nSPS) is 17.8. The molecule has 2 aliphatic rings. The van der Waals surface area contributed by atoms with Gasteiger partial charge in [0.1, 0.15) is 11.5 Å². The molecule has 1 heterocycles. The van der Waals surface area contributed by atoms with E-state index in [1.54, 1.807) is 6.08 Å². The van der Waals surface area contributed by atoms with Crippen molar-refractivity contribution < 1.29 is 9.53 Å². The summed E-state index contributed by atoms with van der Waals surface area (Å²) in [6.45, 7) is 0. The minimum atomic E-state index is -0.258. The van der Waals surface area contributed by atoms with E-state index in [0.29, 0.717) is 0 Å². The van der Waals surface area contributed by atoms with E-state index in [-0.39, 0.29) is 11.7 Å². The van der Waals surface area contributed by atoms with Crippen molar-refractivity contribution in [2.24, 2.45) is 0 Å². The number of rotatable bonds is 0. The third kappa shape index (κ3) is 1.41. The molecule has 0 bridgehead atoms. The first-order valence-corrected chi connectivity index (χ1v) is 7.37. The van der Waals surface area contributed by atoms with E-state index in [2.05, 4.69) is 12.1 Å². The van der Waals surface area contributed by atoms with Gasteiger partial charge in [0.2, 0.25) is 0 Å². The van der Waals surface area contributed by atoms with Crippen molar-refractivity contribution in [3.8, 4) is 11.5 Å². The van der Waals surface area contributed by atoms with Crippen molar-refractivity contribution in [2.75, 3.05) is 0 Å². The van der Waals surface area contributed by atoms with Gasteiger partial charge in [-0.05, 0) is 34.5 Å². The quantitative estimate of drug-likeness (QED) is 0.599. The predicted molar refractivity (Wildman–Crippen MR) is 86.3 cm³/mol. The summed E-state index contributed by atoms with van der Waals surface area (Å²) in [4.78, 5) is 12.6. The monoisotopic (exact) mass is 284 g/mol. The molecule has 0 amide bonds. The first-order valence-electron chi connectivity index (χ1n) is 7.37. The van der Waals surface area contributed by atoms with Crippen LogP contribution in [0.5, 0.6) is 11.5 Å². The molecule has 5 rings (SSSR count). The molecule has 104 valence electrons. The van der Waals surface area contributed by atoms with E-state index < -0.39 is 0 Å². The molecule has 1 unspecified atom stereocenters. The molecule has 0 spiro atoms. The van der Waals surface area contributed by atoms with Crippen LogP contribution in [-0.4, -0.2) is 5.78 Å². The van der Waals surface area contributed by atoms with Crippen molar-refractivity contribution in [1.29, 1.82) is 0 Å². The Kier molecular flexibility index (Phi) is 2.18. The molecule has 0 N–H and O–H groups in total. The molecule has 0 fully saturated rings. The summed E-state index contributed by atoms with van der Waals surface area (Å²) < 4.78 is 6.09. The molecular weight excluding hydrogens is 272 g/mol. The lowest BCUT2D eigenvalue weighted by Gasteiger charge is -2.31. The highest BCUT2D eigenvalue weighted by Crippen LogP contribution is 2.50. The summed E-state index contributed by atoms with van der Waals surface area (Å²) in [6.07, 6.45) is 3.57. The molecule has 0 aromatic heterocycles. The molecule has 22 heavy (non-hydrogen) atoms. The fourth-order valence-corrected chi connectivity index (χ4v) is 3.58. The van der Waals surface area contributed by atoms with Crippen molar-refractivity contribution in [3.63, 3.8) is 0 Å². The fourth-order valence-electron chi connectivity index (χ4n) is 3.58. The molecule has 0 saturated carbocycles. The van der Waals surface area contributed by atoms with E-state index in [1.807, 2.05) is 48.5 Å². The summed E-state index contributed by atoms with van der Waals surface area (Å²) >= 11 is 0. The lowest BCUT2D eigenvalue weighted by atomic mass is 9.77. The van der Waals surface area contributed by atoms with E-state index in [4.69, 9.17) is 4.74 Å². The summed E-state index contributed by atoms with van der Waals surface area (Å²) in [5.41, 5.74) is 3.06. The number of ketones is 1. The summed E-state index contributed by atoms with van der Waals surface area (Å²) in [6, 6.07) is 18.1. The van der Waals surface area contributed by atoms with Gasteiger partial charge in [0.15, 0.2) is 5.78 Å². The van der Waals surface area contributed by atoms with Crippen LogP contribution in [0.4, 0.5) is 0 Å². The number of carbonyl (C=O) groups excluding carboxylic acids is 1. The van der Waals surface area contributed by atoms with Gasteiger partial charge in [-0.25, -0.2) is 0 Å². The number of carbonyl (C=O) groups is 1. The minimum Gasteiger partial charge on any atom is -0.457 e. The number of fused-ring (bicyclic) bond motifs is 4. The third-order valence-corrected chi connectivity index (χ3v) is 4.54. The van der Waals surface area contributed by atoms with Gasteiger partial charge in [-0.2, -0.15) is 0 Å². The Hall–Kier alpha value is -2.87. The molecule has 1 aliphatic carbocycles. The molecule has 3 aromatic carbocycles. The van der Waals surface area contributed by atoms with E-state index in [0.717, 1.165) is 39.0 Å². The largest absolute Gasteiger partial charge is 0.457 e. The second kappa shape index (κ2) is 4.08. The van der Waals surface area contributed by atoms with Crippen LogP contribution in [0.25, 0.3) is 16.8 Å². The van der Waals surface area contributed by atoms with Gasteiger partial charge >= 0.3 is 0 Å². The lowest BCUT2D eigenvalue weighted by Crippen LogP contribution is -2.21. The van der Waals surface area contributed by atoms with Crippen molar-refractivity contribution in [2.45, 2.75) is 5.92 Å². The summed E-state index contributed by atoms with van der Waals surface area (Å²) in [5.74, 6) is 1.45. The zero-order valence-corrected chi connectivity index (χ0v) is 11.7. The van der Waals surface area contributed by atoms with Crippen LogP contribution in [-0.2, 0) is 4.79 Å². The van der Waals surface area contributed by atoms with Crippen molar-refractivity contribution in [3.05, 3.63) is 77.4 Å². The molecule has 2 nitrogen and oxygen atoms in total. The molecular formula is C20H12O2. The maximum Gasteiger partial charge on any atom is 0.167 e. The highest BCUT2D eigenvalue weighted by molar-refractivity contribution is 6.08. The zero-order chi connectivity index (χ0) is 14.7. The van der Waals surface area contributed by atoms with Gasteiger partial charge in [0.05, 0.1) is 5.92 Å². The molecule has 3 aromatic rings. The van der Waals surface area contributed by atoms with E-state index in [1.165, 1.54) is 0 Å². The zero-order valence-electron chi connectivity index (χ0n) is 11.7. The smallest absolute Gasteiger partial charge is 0.167 e. The Labute approximate surface area is 127 Å². The van der Waals surface area contributed by atoms with Gasteiger partial charge in [0.25, 0.3) is 0 Å². The summed E-state index contributed by atoms with van der Waals surface area (Å²) in [7, 11) is 0. The van der Waals surface area contributed by atoms with Crippen LogP contribution in [0, 0.1) is 0 Å². The molecule has 1 aliphatic heterocycles. The Bertz CT molecular complexity index is 982. The van der Waals surface area contributed by atoms with Crippen molar-refractivity contribution >= 4 is 22.6 Å². The molecule has 2 heteroatoms. The van der Waals surface area contributed by atoms with Gasteiger partial charge < -0.3 is 4.74 Å². The second-order valence-corrected chi connectivity index (χ2v) is 5.73. The Morgan fingerprint density at radius 2 is 1.64 bits per heavy atom. The third-order valence-electron chi connectivity index (χ3n) is 4.54. The van der Waals surface area contributed by atoms with Crippen LogP contribution in [0.3, 0.4) is 0 Å². The maximum absolute atomic E-state index is 12.6. The van der Waals surface area contributed by atoms with Gasteiger partial charge in [0, 0.05) is 11.1 Å². The van der Waals surface area contributed by atoms with Gasteiger partial charge in [-0.3, -0.25) is 4.79 Å². The van der Waals surface area contributed by atoms with Crippen LogP contribution in [0.2, 0.25) is 0 Å². The van der Waals surface area contributed by atoms with Gasteiger partial charge in [-0.15, -0.1) is 0 Å². The topological polar surface area (TPSA) is 26.3 Å². The highest BCUT2D eigenvalue weighted by Gasteiger charge is 2.36. The second-order valence-electron chi connectivity index (χ2n) is 5.73. The van der Waals surface area contributed by atoms with Crippen molar-refractivity contribution in [1.82, 2.24) is 0 Å². The predicted octanol–water partition coefficient (Wildman–Crippen LogP) is 4.67. The number of allylic oxidation sites excluding steroid dienone is 1. The van der Waals surface area contributed by atoms with Gasteiger partial charge in [-0.1, -0.05) is 48.5 Å². The first kappa shape index (κ1) is 11.8. The fraction of sp³-hybridized carbons (Fsp3) is 0.0500. The number of ether oxygens (including phenoxy) is 1. The molecule has 0 radical (unpaired) electrons. The summed E-state index contributed by atoms with van der Waals surface area (Å²) in [5, 5.41) is 2.22. The SMILES string of the molecule is O=C1C=Cc2cccc3c2C1c1c(ccc2ccccc12)O3. The standard InChI is InChI=1S/C20H12O2/c21-15-10-8-13-5-3-7-16-18(13)20(15)19-14-6-2-1-4-12(14)9-11-17(19)22-16/h1-11,20H. The van der Waals surface area contributed by atoms with Crippen LogP contribution in [0.1, 0.15) is 22.6 Å². The molecule has 0 saturated heterocycles. The van der Waals surface area contributed by atoms with E-state index >= 15 is 0 Å². The first-order chi connectivity index (χ1) is 10.8. The maximum atomic E-state index is 12.6. The minimum absolute atomic E-state index is 0.126. The number of benzene rings is 3. The number of hydrogen-bond acceptors (Lipinski definition) is 2. The number of hydrogen-bond donors (Lipinski definition) is 0. The average Bonchev–Trinajstić information content (AvgIpc) is 2.57. The van der Waals surface area contributed by atoms with Crippen LogP contribution < -0.4 is 4.74 Å². The highest BCUT2D eigenvalue weighted by atomic mass is 16.5. The van der Waals surface area contributed by atoms with E-state index in [9.17, 15) is 4.79 Å². The lowest BCUT2D eigenvalue weighted by molar-refractivity contribution is -0.115. The Balaban J connectivity index is 1.91. The Morgan fingerprint density at radius 3 is 2.59 bits per heavy atom. The van der Waals surface area contributed by atoms with Crippen LogP contribution >= 0.6 is 0 Å². The molecule has 1 atom stereocenters.